The first kappa shape index (κ1) is 11.1. The highest BCUT2D eigenvalue weighted by Gasteiger charge is 2.15. The fraction of sp³-hybridized carbons (Fsp3) is 0.273. The number of nitrogens with one attached hydrogen (secondary N) is 1. The van der Waals surface area contributed by atoms with E-state index in [1.807, 2.05) is 30.1 Å². The summed E-state index contributed by atoms with van der Waals surface area (Å²) in [5.74, 6) is 1.38. The summed E-state index contributed by atoms with van der Waals surface area (Å²) in [5.41, 5.74) is 1.76. The molecule has 0 saturated heterocycles. The van der Waals surface area contributed by atoms with E-state index >= 15 is 0 Å². The van der Waals surface area contributed by atoms with Crippen molar-refractivity contribution in [3.8, 4) is 11.5 Å². The number of nitrogens with zero attached hydrogens (tertiary/aromatic N) is 5. The molecule has 0 saturated carbocycles. The van der Waals surface area contributed by atoms with Crippen molar-refractivity contribution in [2.45, 2.75) is 13.5 Å². The SMILES string of the molecule is CCn1ncnc1-c1nc(NC)nc2ccsc12. The Hall–Kier alpha value is -2.02. The van der Waals surface area contributed by atoms with Crippen molar-refractivity contribution in [3.05, 3.63) is 17.8 Å². The van der Waals surface area contributed by atoms with E-state index in [-0.39, 0.29) is 0 Å². The molecule has 0 atom stereocenters. The summed E-state index contributed by atoms with van der Waals surface area (Å²) < 4.78 is 2.87. The second-order valence-electron chi connectivity index (χ2n) is 3.68. The summed E-state index contributed by atoms with van der Waals surface area (Å²) in [4.78, 5) is 13.2. The van der Waals surface area contributed by atoms with Gasteiger partial charge in [0.15, 0.2) is 5.82 Å². The quantitative estimate of drug-likeness (QED) is 0.780. The van der Waals surface area contributed by atoms with Crippen LogP contribution in [-0.2, 0) is 6.54 Å². The van der Waals surface area contributed by atoms with Crippen molar-refractivity contribution < 1.29 is 0 Å². The molecule has 3 aromatic rings. The highest BCUT2D eigenvalue weighted by Crippen LogP contribution is 2.29. The first-order valence-electron chi connectivity index (χ1n) is 5.64. The van der Waals surface area contributed by atoms with Crippen molar-refractivity contribution in [2.75, 3.05) is 12.4 Å². The normalized spacial score (nSPS) is 11.0. The van der Waals surface area contributed by atoms with Gasteiger partial charge < -0.3 is 5.32 Å². The van der Waals surface area contributed by atoms with Gasteiger partial charge in [0.25, 0.3) is 0 Å². The lowest BCUT2D eigenvalue weighted by molar-refractivity contribution is 0.665. The predicted molar refractivity (Wildman–Crippen MR) is 71.7 cm³/mol. The van der Waals surface area contributed by atoms with Crippen LogP contribution in [0.2, 0.25) is 0 Å². The van der Waals surface area contributed by atoms with E-state index in [1.54, 1.807) is 17.7 Å². The molecule has 0 aliphatic heterocycles. The third kappa shape index (κ3) is 1.63. The molecule has 0 spiro atoms. The van der Waals surface area contributed by atoms with Crippen LogP contribution in [0, 0.1) is 0 Å². The first-order valence-corrected chi connectivity index (χ1v) is 6.52. The van der Waals surface area contributed by atoms with Gasteiger partial charge in [-0.2, -0.15) is 5.10 Å². The maximum atomic E-state index is 4.51. The van der Waals surface area contributed by atoms with Crippen LogP contribution in [-0.4, -0.2) is 31.8 Å². The number of rotatable bonds is 3. The van der Waals surface area contributed by atoms with E-state index in [9.17, 15) is 0 Å². The number of anilines is 1. The minimum absolute atomic E-state index is 0.599. The zero-order valence-corrected chi connectivity index (χ0v) is 10.9. The molecule has 3 aromatic heterocycles. The average molecular weight is 260 g/mol. The number of thiophene rings is 1. The van der Waals surface area contributed by atoms with Crippen LogP contribution in [0.3, 0.4) is 0 Å². The van der Waals surface area contributed by atoms with Crippen LogP contribution in [0.25, 0.3) is 21.7 Å². The van der Waals surface area contributed by atoms with Gasteiger partial charge in [0.1, 0.15) is 12.0 Å². The van der Waals surface area contributed by atoms with E-state index in [1.165, 1.54) is 0 Å². The molecule has 0 bridgehead atoms. The molecule has 0 amide bonds. The average Bonchev–Trinajstić information content (AvgIpc) is 3.05. The summed E-state index contributed by atoms with van der Waals surface area (Å²) in [6, 6.07) is 1.98. The lowest BCUT2D eigenvalue weighted by Crippen LogP contribution is -2.03. The van der Waals surface area contributed by atoms with Crippen LogP contribution in [0.1, 0.15) is 6.92 Å². The topological polar surface area (TPSA) is 68.5 Å². The van der Waals surface area contributed by atoms with Crippen LogP contribution in [0.15, 0.2) is 17.8 Å². The maximum Gasteiger partial charge on any atom is 0.223 e. The minimum Gasteiger partial charge on any atom is -0.357 e. The summed E-state index contributed by atoms with van der Waals surface area (Å²) in [5, 5.41) is 9.17. The van der Waals surface area contributed by atoms with Crippen molar-refractivity contribution in [3.63, 3.8) is 0 Å². The Labute approximate surface area is 108 Å². The Bertz CT molecular complexity index is 686. The van der Waals surface area contributed by atoms with Gasteiger partial charge in [0.05, 0.1) is 10.2 Å². The predicted octanol–water partition coefficient (Wildman–Crippen LogP) is 2.01. The van der Waals surface area contributed by atoms with Crippen molar-refractivity contribution in [1.82, 2.24) is 24.7 Å². The molecule has 1 N–H and O–H groups in total. The molecular weight excluding hydrogens is 248 g/mol. The Morgan fingerprint density at radius 2 is 2.28 bits per heavy atom. The molecule has 7 heteroatoms. The standard InChI is InChI=1S/C11H12N6S/c1-3-17-10(13-6-14-17)8-9-7(4-5-18-9)15-11(12-2)16-8/h4-6H,3H2,1-2H3,(H,12,15,16). The zero-order chi connectivity index (χ0) is 12.5. The molecule has 92 valence electrons. The van der Waals surface area contributed by atoms with Crippen molar-refractivity contribution in [2.24, 2.45) is 0 Å². The third-order valence-electron chi connectivity index (χ3n) is 2.65. The van der Waals surface area contributed by atoms with E-state index in [0.717, 1.165) is 28.3 Å². The van der Waals surface area contributed by atoms with Crippen molar-refractivity contribution >= 4 is 27.5 Å². The molecule has 0 aliphatic rings. The molecule has 0 fully saturated rings. The van der Waals surface area contributed by atoms with Gasteiger partial charge in [-0.1, -0.05) is 0 Å². The molecule has 0 aromatic carbocycles. The summed E-state index contributed by atoms with van der Waals surface area (Å²) in [6.07, 6.45) is 1.55. The Kier molecular flexibility index (Phi) is 2.67. The summed E-state index contributed by atoms with van der Waals surface area (Å²) >= 11 is 1.62. The summed E-state index contributed by atoms with van der Waals surface area (Å²) in [7, 11) is 1.81. The second kappa shape index (κ2) is 4.34. The Morgan fingerprint density at radius 3 is 3.06 bits per heavy atom. The van der Waals surface area contributed by atoms with Gasteiger partial charge in [-0.3, -0.25) is 0 Å². The van der Waals surface area contributed by atoms with E-state index in [4.69, 9.17) is 0 Å². The number of hydrogen-bond acceptors (Lipinski definition) is 6. The van der Waals surface area contributed by atoms with Crippen LogP contribution in [0.4, 0.5) is 5.95 Å². The van der Waals surface area contributed by atoms with Gasteiger partial charge in [-0.15, -0.1) is 11.3 Å². The van der Waals surface area contributed by atoms with Gasteiger partial charge >= 0.3 is 0 Å². The Morgan fingerprint density at radius 1 is 1.39 bits per heavy atom. The van der Waals surface area contributed by atoms with Gasteiger partial charge in [-0.05, 0) is 18.4 Å². The second-order valence-corrected chi connectivity index (χ2v) is 4.60. The van der Waals surface area contributed by atoms with Gasteiger partial charge in [0.2, 0.25) is 5.95 Å². The number of aryl methyl sites for hydroxylation is 1. The molecule has 0 radical (unpaired) electrons. The Balaban J connectivity index is 2.30. The third-order valence-corrected chi connectivity index (χ3v) is 3.56. The molecule has 18 heavy (non-hydrogen) atoms. The molecule has 6 nitrogen and oxygen atoms in total. The number of hydrogen-bond donors (Lipinski definition) is 1. The maximum absolute atomic E-state index is 4.51. The van der Waals surface area contributed by atoms with Crippen LogP contribution < -0.4 is 5.32 Å². The molecular formula is C11H12N6S. The number of fused-ring (bicyclic) bond motifs is 1. The van der Waals surface area contributed by atoms with Crippen LogP contribution >= 0.6 is 11.3 Å². The summed E-state index contributed by atoms with van der Waals surface area (Å²) in [6.45, 7) is 2.80. The highest BCUT2D eigenvalue weighted by molar-refractivity contribution is 7.17. The smallest absolute Gasteiger partial charge is 0.223 e. The molecule has 0 unspecified atom stereocenters. The lowest BCUT2D eigenvalue weighted by atomic mass is 10.3. The highest BCUT2D eigenvalue weighted by atomic mass is 32.1. The number of aromatic nitrogens is 5. The van der Waals surface area contributed by atoms with E-state index in [0.29, 0.717) is 5.95 Å². The monoisotopic (exact) mass is 260 g/mol. The molecule has 3 heterocycles. The first-order chi connectivity index (χ1) is 8.83. The van der Waals surface area contributed by atoms with Crippen molar-refractivity contribution in [1.29, 1.82) is 0 Å². The lowest BCUT2D eigenvalue weighted by Gasteiger charge is -2.05. The fourth-order valence-electron chi connectivity index (χ4n) is 1.81. The largest absolute Gasteiger partial charge is 0.357 e. The van der Waals surface area contributed by atoms with Crippen LogP contribution in [0.5, 0.6) is 0 Å². The zero-order valence-electron chi connectivity index (χ0n) is 10.1. The minimum atomic E-state index is 0.599. The molecule has 0 aliphatic carbocycles. The van der Waals surface area contributed by atoms with Gasteiger partial charge in [-0.25, -0.2) is 19.6 Å². The van der Waals surface area contributed by atoms with E-state index in [2.05, 4.69) is 25.4 Å². The van der Waals surface area contributed by atoms with Gasteiger partial charge in [0, 0.05) is 13.6 Å². The fourth-order valence-corrected chi connectivity index (χ4v) is 2.62. The molecule has 3 rings (SSSR count). The van der Waals surface area contributed by atoms with E-state index < -0.39 is 0 Å².